The van der Waals surface area contributed by atoms with Crippen molar-refractivity contribution in [3.63, 3.8) is 0 Å². The van der Waals surface area contributed by atoms with Crippen LogP contribution in [0.5, 0.6) is 0 Å². The van der Waals surface area contributed by atoms with Crippen molar-refractivity contribution in [2.75, 3.05) is 5.32 Å². The number of nitrogens with zero attached hydrogens (tertiary/aromatic N) is 2. The minimum atomic E-state index is -0.618. The highest BCUT2D eigenvalue weighted by Gasteiger charge is 2.14. The molecule has 0 aliphatic carbocycles. The van der Waals surface area contributed by atoms with E-state index in [0.717, 1.165) is 0 Å². The van der Waals surface area contributed by atoms with Crippen LogP contribution in [0.25, 0.3) is 11.6 Å². The van der Waals surface area contributed by atoms with Gasteiger partial charge in [-0.25, -0.2) is 4.39 Å². The van der Waals surface area contributed by atoms with Gasteiger partial charge < -0.3 is 4.42 Å². The zero-order valence-corrected chi connectivity index (χ0v) is 10.1. The Balaban J connectivity index is 1.79. The molecule has 2 heterocycles. The number of aromatic nitrogens is 3. The fourth-order valence-corrected chi connectivity index (χ4v) is 1.66. The second kappa shape index (κ2) is 4.96. The van der Waals surface area contributed by atoms with Gasteiger partial charge in [0.2, 0.25) is 5.95 Å². The van der Waals surface area contributed by atoms with Gasteiger partial charge in [0.25, 0.3) is 5.91 Å². The Hall–Kier alpha value is -2.96. The van der Waals surface area contributed by atoms with E-state index >= 15 is 0 Å². The zero-order chi connectivity index (χ0) is 13.9. The maximum Gasteiger partial charge on any atom is 0.261 e. The lowest BCUT2D eigenvalue weighted by Crippen LogP contribution is -2.14. The van der Waals surface area contributed by atoms with Crippen LogP contribution in [0.15, 0.2) is 47.1 Å². The molecular weight excluding hydrogens is 263 g/mol. The van der Waals surface area contributed by atoms with Gasteiger partial charge in [0, 0.05) is 0 Å². The number of H-pyrrole nitrogens is 1. The van der Waals surface area contributed by atoms with Gasteiger partial charge in [0.05, 0.1) is 11.8 Å². The molecule has 7 heteroatoms. The number of amides is 1. The van der Waals surface area contributed by atoms with Crippen molar-refractivity contribution in [1.82, 2.24) is 15.2 Å². The van der Waals surface area contributed by atoms with Crippen LogP contribution in [0.3, 0.4) is 0 Å². The molecule has 0 aliphatic rings. The third-order valence-electron chi connectivity index (χ3n) is 2.58. The first-order valence-electron chi connectivity index (χ1n) is 5.76. The molecule has 0 saturated carbocycles. The lowest BCUT2D eigenvalue weighted by Gasteiger charge is -2.01. The number of nitrogens with one attached hydrogen (secondary N) is 2. The standard InChI is InChI=1S/C13H9FN4O2/c14-9-5-2-1-4-8(9)12(19)16-13-15-11(17-18-13)10-6-3-7-20-10/h1-7H,(H2,15,16,17,18,19). The molecule has 100 valence electrons. The van der Waals surface area contributed by atoms with E-state index in [1.807, 2.05) is 0 Å². The molecule has 1 amide bonds. The smallest absolute Gasteiger partial charge is 0.261 e. The molecule has 0 aliphatic heterocycles. The van der Waals surface area contributed by atoms with E-state index < -0.39 is 11.7 Å². The number of rotatable bonds is 3. The van der Waals surface area contributed by atoms with Gasteiger partial charge >= 0.3 is 0 Å². The van der Waals surface area contributed by atoms with Gasteiger partial charge in [-0.1, -0.05) is 12.1 Å². The van der Waals surface area contributed by atoms with Crippen LogP contribution in [0, 0.1) is 5.82 Å². The highest BCUT2D eigenvalue weighted by Crippen LogP contribution is 2.16. The summed E-state index contributed by atoms with van der Waals surface area (Å²) in [5.74, 6) is -0.313. The van der Waals surface area contributed by atoms with Gasteiger partial charge in [0.15, 0.2) is 11.6 Å². The summed E-state index contributed by atoms with van der Waals surface area (Å²) in [5.41, 5.74) is -0.0724. The molecule has 2 aromatic heterocycles. The highest BCUT2D eigenvalue weighted by atomic mass is 19.1. The maximum atomic E-state index is 13.4. The number of aromatic amines is 1. The van der Waals surface area contributed by atoms with E-state index in [4.69, 9.17) is 4.42 Å². The van der Waals surface area contributed by atoms with E-state index in [9.17, 15) is 9.18 Å². The summed E-state index contributed by atoms with van der Waals surface area (Å²) in [6.07, 6.45) is 1.50. The lowest BCUT2D eigenvalue weighted by atomic mass is 10.2. The van der Waals surface area contributed by atoms with Gasteiger partial charge in [-0.2, -0.15) is 4.98 Å². The van der Waals surface area contributed by atoms with Crippen molar-refractivity contribution in [3.05, 3.63) is 54.0 Å². The first-order valence-corrected chi connectivity index (χ1v) is 5.76. The number of hydrogen-bond acceptors (Lipinski definition) is 4. The second-order valence-corrected chi connectivity index (χ2v) is 3.92. The Morgan fingerprint density at radius 1 is 1.25 bits per heavy atom. The molecule has 0 atom stereocenters. The summed E-state index contributed by atoms with van der Waals surface area (Å²) in [6, 6.07) is 9.07. The van der Waals surface area contributed by atoms with Crippen LogP contribution in [-0.4, -0.2) is 21.1 Å². The molecule has 0 saturated heterocycles. The molecule has 0 spiro atoms. The number of carbonyl (C=O) groups excluding carboxylic acids is 1. The molecule has 0 bridgehead atoms. The molecule has 20 heavy (non-hydrogen) atoms. The Morgan fingerprint density at radius 2 is 2.10 bits per heavy atom. The van der Waals surface area contributed by atoms with Crippen LogP contribution in [0.2, 0.25) is 0 Å². The van der Waals surface area contributed by atoms with E-state index in [0.29, 0.717) is 11.6 Å². The SMILES string of the molecule is O=C(Nc1n[nH]c(-c2ccco2)n1)c1ccccc1F. The Bertz CT molecular complexity index is 736. The average Bonchev–Trinajstić information content (AvgIpc) is 3.09. The number of benzene rings is 1. The zero-order valence-electron chi connectivity index (χ0n) is 10.1. The minimum Gasteiger partial charge on any atom is -0.461 e. The molecule has 1 aromatic carbocycles. The topological polar surface area (TPSA) is 83.8 Å². The van der Waals surface area contributed by atoms with E-state index in [2.05, 4.69) is 20.5 Å². The summed E-state index contributed by atoms with van der Waals surface area (Å²) < 4.78 is 18.6. The van der Waals surface area contributed by atoms with Gasteiger partial charge in [0.1, 0.15) is 5.82 Å². The van der Waals surface area contributed by atoms with Crippen LogP contribution < -0.4 is 5.32 Å². The molecule has 0 unspecified atom stereocenters. The van der Waals surface area contributed by atoms with Crippen molar-refractivity contribution in [2.24, 2.45) is 0 Å². The van der Waals surface area contributed by atoms with Crippen molar-refractivity contribution < 1.29 is 13.6 Å². The van der Waals surface area contributed by atoms with Gasteiger partial charge in [-0.05, 0) is 24.3 Å². The molecule has 3 aromatic rings. The van der Waals surface area contributed by atoms with E-state index in [1.54, 1.807) is 18.2 Å². The number of anilines is 1. The number of furan rings is 1. The Morgan fingerprint density at radius 3 is 2.85 bits per heavy atom. The first-order chi connectivity index (χ1) is 9.74. The van der Waals surface area contributed by atoms with Crippen molar-refractivity contribution >= 4 is 11.9 Å². The second-order valence-electron chi connectivity index (χ2n) is 3.92. The third kappa shape index (κ3) is 2.28. The molecule has 6 nitrogen and oxygen atoms in total. The number of halogens is 1. The molecule has 3 rings (SSSR count). The summed E-state index contributed by atoms with van der Waals surface area (Å²) in [7, 11) is 0. The van der Waals surface area contributed by atoms with Crippen molar-refractivity contribution in [3.8, 4) is 11.6 Å². The summed E-state index contributed by atoms with van der Waals surface area (Å²) >= 11 is 0. The predicted octanol–water partition coefficient (Wildman–Crippen LogP) is 2.46. The Labute approximate surface area is 112 Å². The normalized spacial score (nSPS) is 10.4. The van der Waals surface area contributed by atoms with Gasteiger partial charge in [-0.15, -0.1) is 5.10 Å². The maximum absolute atomic E-state index is 13.4. The number of hydrogen-bond donors (Lipinski definition) is 2. The van der Waals surface area contributed by atoms with Crippen LogP contribution >= 0.6 is 0 Å². The third-order valence-corrected chi connectivity index (χ3v) is 2.58. The molecule has 0 fully saturated rings. The van der Waals surface area contributed by atoms with Crippen LogP contribution in [-0.2, 0) is 0 Å². The quantitative estimate of drug-likeness (QED) is 0.767. The van der Waals surface area contributed by atoms with Crippen LogP contribution in [0.4, 0.5) is 10.3 Å². The monoisotopic (exact) mass is 272 g/mol. The largest absolute Gasteiger partial charge is 0.461 e. The molecule has 0 radical (unpaired) electrons. The van der Waals surface area contributed by atoms with Crippen molar-refractivity contribution in [2.45, 2.75) is 0 Å². The van der Waals surface area contributed by atoms with E-state index in [1.165, 1.54) is 24.5 Å². The fraction of sp³-hybridized carbons (Fsp3) is 0. The summed E-state index contributed by atoms with van der Waals surface area (Å²) in [4.78, 5) is 15.9. The highest BCUT2D eigenvalue weighted by molar-refractivity contribution is 6.03. The van der Waals surface area contributed by atoms with Crippen LogP contribution in [0.1, 0.15) is 10.4 Å². The number of carbonyl (C=O) groups is 1. The fourth-order valence-electron chi connectivity index (χ4n) is 1.66. The summed E-state index contributed by atoms with van der Waals surface area (Å²) in [6.45, 7) is 0. The predicted molar refractivity (Wildman–Crippen MR) is 68.4 cm³/mol. The lowest BCUT2D eigenvalue weighted by molar-refractivity contribution is 0.102. The Kier molecular flexibility index (Phi) is 3.00. The molecular formula is C13H9FN4O2. The van der Waals surface area contributed by atoms with Crippen molar-refractivity contribution in [1.29, 1.82) is 0 Å². The van der Waals surface area contributed by atoms with E-state index in [-0.39, 0.29) is 11.5 Å². The van der Waals surface area contributed by atoms with Gasteiger partial charge in [-0.3, -0.25) is 15.2 Å². The molecule has 2 N–H and O–H groups in total. The minimum absolute atomic E-state index is 0.0460. The first kappa shape index (κ1) is 12.1. The average molecular weight is 272 g/mol. The summed E-state index contributed by atoms with van der Waals surface area (Å²) in [5, 5.41) is 8.84.